The molecule has 0 aromatic carbocycles. The zero-order chi connectivity index (χ0) is 10.8. The third-order valence-corrected chi connectivity index (χ3v) is 1.93. The largest absolute Gasteiger partial charge is 0.354 e. The highest BCUT2D eigenvalue weighted by molar-refractivity contribution is 6.12. The molecule has 0 radical (unpaired) electrons. The summed E-state index contributed by atoms with van der Waals surface area (Å²) in [6.45, 7) is 3.31. The summed E-state index contributed by atoms with van der Waals surface area (Å²) in [4.78, 5) is 23.2. The van der Waals surface area contributed by atoms with Crippen LogP contribution in [0, 0.1) is 0 Å². The number of hydrogen-bond donors (Lipinski definition) is 0. The van der Waals surface area contributed by atoms with Gasteiger partial charge in [0.1, 0.15) is 6.73 Å². The first-order valence-corrected chi connectivity index (χ1v) is 4.19. The Morgan fingerprint density at radius 1 is 1.29 bits per heavy atom. The summed E-state index contributed by atoms with van der Waals surface area (Å²) in [5.41, 5.74) is 0. The second kappa shape index (κ2) is 3.89. The first-order valence-electron chi connectivity index (χ1n) is 4.19. The van der Waals surface area contributed by atoms with E-state index in [1.54, 1.807) is 13.8 Å². The summed E-state index contributed by atoms with van der Waals surface area (Å²) in [7, 11) is 1.49. The number of nitrogens with zero attached hydrogens (tertiary/aromatic N) is 1. The molecule has 2 amide bonds. The van der Waals surface area contributed by atoms with Crippen LogP contribution >= 0.6 is 0 Å². The van der Waals surface area contributed by atoms with Gasteiger partial charge in [0.25, 0.3) is 11.8 Å². The average molecular weight is 199 g/mol. The molecule has 0 atom stereocenters. The zero-order valence-corrected chi connectivity index (χ0v) is 8.44. The highest BCUT2D eigenvalue weighted by Gasteiger charge is 2.26. The molecule has 0 saturated carbocycles. The molecule has 0 aromatic heterocycles. The average Bonchev–Trinajstić information content (AvgIpc) is 2.44. The number of amides is 2. The van der Waals surface area contributed by atoms with Crippen molar-refractivity contribution in [2.75, 3.05) is 13.8 Å². The molecule has 0 aromatic rings. The van der Waals surface area contributed by atoms with E-state index in [1.807, 2.05) is 0 Å². The summed E-state index contributed by atoms with van der Waals surface area (Å²) in [5, 5.41) is 0. The van der Waals surface area contributed by atoms with Crippen LogP contribution in [0.2, 0.25) is 0 Å². The molecule has 5 heteroatoms. The number of rotatable bonds is 4. The fourth-order valence-electron chi connectivity index (χ4n) is 0.837. The van der Waals surface area contributed by atoms with E-state index in [2.05, 4.69) is 0 Å². The third kappa shape index (κ3) is 2.40. The van der Waals surface area contributed by atoms with E-state index >= 15 is 0 Å². The van der Waals surface area contributed by atoms with E-state index in [1.165, 1.54) is 19.3 Å². The molecule has 0 spiro atoms. The number of ether oxygens (including phenoxy) is 2. The number of imide groups is 1. The van der Waals surface area contributed by atoms with Gasteiger partial charge >= 0.3 is 0 Å². The summed E-state index contributed by atoms with van der Waals surface area (Å²) in [6.07, 6.45) is 2.43. The monoisotopic (exact) mass is 199 g/mol. The van der Waals surface area contributed by atoms with E-state index < -0.39 is 5.79 Å². The van der Waals surface area contributed by atoms with Crippen molar-refractivity contribution in [1.82, 2.24) is 4.90 Å². The normalized spacial score (nSPS) is 16.9. The molecule has 0 bridgehead atoms. The Morgan fingerprint density at radius 2 is 1.79 bits per heavy atom. The lowest BCUT2D eigenvalue weighted by Gasteiger charge is -2.25. The molecule has 5 nitrogen and oxygen atoms in total. The Morgan fingerprint density at radius 3 is 2.21 bits per heavy atom. The van der Waals surface area contributed by atoms with E-state index in [9.17, 15) is 9.59 Å². The Bertz CT molecular complexity index is 265. The highest BCUT2D eigenvalue weighted by Crippen LogP contribution is 2.12. The van der Waals surface area contributed by atoms with Crippen molar-refractivity contribution in [3.05, 3.63) is 12.2 Å². The first kappa shape index (κ1) is 10.9. The minimum Gasteiger partial charge on any atom is -0.354 e. The SMILES string of the molecule is COC(C)(C)OCN1C(=O)C=CC1=O. The van der Waals surface area contributed by atoms with Crippen molar-refractivity contribution >= 4 is 11.8 Å². The van der Waals surface area contributed by atoms with Gasteiger partial charge in [-0.2, -0.15) is 0 Å². The second-order valence-electron chi connectivity index (χ2n) is 3.32. The van der Waals surface area contributed by atoms with Gasteiger partial charge in [-0.25, -0.2) is 0 Å². The van der Waals surface area contributed by atoms with E-state index in [-0.39, 0.29) is 18.5 Å². The van der Waals surface area contributed by atoms with Gasteiger partial charge in [-0.3, -0.25) is 14.5 Å². The van der Waals surface area contributed by atoms with Crippen LogP contribution in [-0.2, 0) is 19.1 Å². The van der Waals surface area contributed by atoms with Crippen molar-refractivity contribution in [3.8, 4) is 0 Å². The maximum atomic E-state index is 11.1. The van der Waals surface area contributed by atoms with Crippen LogP contribution in [0.3, 0.4) is 0 Å². The Hall–Kier alpha value is -1.20. The standard InChI is InChI=1S/C9H13NO4/c1-9(2,13-3)14-6-10-7(11)4-5-8(10)12/h4-5H,6H2,1-3H3. The maximum Gasteiger partial charge on any atom is 0.255 e. The van der Waals surface area contributed by atoms with Crippen LogP contribution < -0.4 is 0 Å². The van der Waals surface area contributed by atoms with E-state index in [0.29, 0.717) is 0 Å². The number of methoxy groups -OCH3 is 1. The van der Waals surface area contributed by atoms with Gasteiger partial charge in [-0.1, -0.05) is 0 Å². The van der Waals surface area contributed by atoms with Crippen LogP contribution in [0.5, 0.6) is 0 Å². The Labute approximate surface area is 82.3 Å². The fourth-order valence-corrected chi connectivity index (χ4v) is 0.837. The fraction of sp³-hybridized carbons (Fsp3) is 0.556. The maximum absolute atomic E-state index is 11.1. The van der Waals surface area contributed by atoms with Crippen LogP contribution in [0.4, 0.5) is 0 Å². The van der Waals surface area contributed by atoms with Gasteiger partial charge in [-0.15, -0.1) is 0 Å². The van der Waals surface area contributed by atoms with Gasteiger partial charge in [0.05, 0.1) is 0 Å². The molecule has 78 valence electrons. The topological polar surface area (TPSA) is 55.8 Å². The third-order valence-electron chi connectivity index (χ3n) is 1.93. The molecule has 0 saturated heterocycles. The molecular weight excluding hydrogens is 186 g/mol. The summed E-state index contributed by atoms with van der Waals surface area (Å²) >= 11 is 0. The minimum absolute atomic E-state index is 0.0918. The predicted molar refractivity (Wildman–Crippen MR) is 48.0 cm³/mol. The van der Waals surface area contributed by atoms with Crippen molar-refractivity contribution in [2.24, 2.45) is 0 Å². The summed E-state index contributed by atoms with van der Waals surface area (Å²) in [5.74, 6) is -1.52. The Kier molecular flexibility index (Phi) is 3.03. The zero-order valence-electron chi connectivity index (χ0n) is 8.44. The molecule has 0 N–H and O–H groups in total. The van der Waals surface area contributed by atoms with Crippen LogP contribution in [0.25, 0.3) is 0 Å². The van der Waals surface area contributed by atoms with Crippen molar-refractivity contribution < 1.29 is 19.1 Å². The number of hydrogen-bond acceptors (Lipinski definition) is 4. The van der Waals surface area contributed by atoms with Crippen LogP contribution in [0.15, 0.2) is 12.2 Å². The highest BCUT2D eigenvalue weighted by atomic mass is 16.7. The number of carbonyl (C=O) groups excluding carboxylic acids is 2. The smallest absolute Gasteiger partial charge is 0.255 e. The van der Waals surface area contributed by atoms with E-state index in [4.69, 9.17) is 9.47 Å². The molecule has 0 fully saturated rings. The van der Waals surface area contributed by atoms with Crippen molar-refractivity contribution in [2.45, 2.75) is 19.6 Å². The second-order valence-corrected chi connectivity index (χ2v) is 3.32. The summed E-state index contributed by atoms with van der Waals surface area (Å²) < 4.78 is 10.2. The van der Waals surface area contributed by atoms with Crippen molar-refractivity contribution in [1.29, 1.82) is 0 Å². The molecule has 1 heterocycles. The molecular formula is C9H13NO4. The molecule has 1 aliphatic heterocycles. The molecule has 0 unspecified atom stereocenters. The molecule has 1 aliphatic rings. The van der Waals surface area contributed by atoms with Crippen molar-refractivity contribution in [3.63, 3.8) is 0 Å². The van der Waals surface area contributed by atoms with Gasteiger partial charge in [0, 0.05) is 19.3 Å². The van der Waals surface area contributed by atoms with E-state index in [0.717, 1.165) is 4.90 Å². The summed E-state index contributed by atoms with van der Waals surface area (Å²) in [6, 6.07) is 0. The first-order chi connectivity index (χ1) is 6.46. The quantitative estimate of drug-likeness (QED) is 0.481. The lowest BCUT2D eigenvalue weighted by atomic mass is 10.4. The van der Waals surface area contributed by atoms with Gasteiger partial charge in [-0.05, 0) is 13.8 Å². The Balaban J connectivity index is 2.47. The van der Waals surface area contributed by atoms with Gasteiger partial charge in [0.15, 0.2) is 5.79 Å². The van der Waals surface area contributed by atoms with Crippen LogP contribution in [-0.4, -0.2) is 36.3 Å². The van der Waals surface area contributed by atoms with Gasteiger partial charge < -0.3 is 9.47 Å². The molecule has 14 heavy (non-hydrogen) atoms. The van der Waals surface area contributed by atoms with Crippen LogP contribution in [0.1, 0.15) is 13.8 Å². The lowest BCUT2D eigenvalue weighted by molar-refractivity contribution is -0.215. The molecule has 0 aliphatic carbocycles. The molecule has 1 rings (SSSR count). The lowest BCUT2D eigenvalue weighted by Crippen LogP contribution is -2.38. The minimum atomic E-state index is -0.802. The number of carbonyl (C=O) groups is 2. The van der Waals surface area contributed by atoms with Gasteiger partial charge in [0.2, 0.25) is 0 Å². The predicted octanol–water partition coefficient (Wildman–Crippen LogP) is 0.268.